The molecule has 0 aliphatic carbocycles. The van der Waals surface area contributed by atoms with Crippen LogP contribution in [0, 0.1) is 6.92 Å². The van der Waals surface area contributed by atoms with Gasteiger partial charge in [-0.1, -0.05) is 29.5 Å². The number of amides is 1. The monoisotopic (exact) mass is 377 g/mol. The van der Waals surface area contributed by atoms with Crippen LogP contribution in [0.2, 0.25) is 0 Å². The highest BCUT2D eigenvalue weighted by atomic mass is 32.1. The summed E-state index contributed by atoms with van der Waals surface area (Å²) in [4.78, 5) is 20.8. The number of anilines is 1. The number of imidazole rings is 1. The second kappa shape index (κ2) is 6.89. The number of rotatable bonds is 4. The van der Waals surface area contributed by atoms with Crippen molar-refractivity contribution in [2.24, 2.45) is 0 Å². The molecule has 136 valence electrons. The van der Waals surface area contributed by atoms with Gasteiger partial charge in [0, 0.05) is 30.2 Å². The molecule has 5 nitrogen and oxygen atoms in total. The molecule has 0 fully saturated rings. The van der Waals surface area contributed by atoms with Crippen molar-refractivity contribution in [3.8, 4) is 17.0 Å². The molecule has 0 bridgehead atoms. The van der Waals surface area contributed by atoms with E-state index in [-0.39, 0.29) is 5.91 Å². The van der Waals surface area contributed by atoms with Crippen LogP contribution in [0.4, 0.5) is 5.69 Å². The second-order valence-electron chi connectivity index (χ2n) is 6.22. The lowest BCUT2D eigenvalue weighted by molar-refractivity contribution is 0.0996. The Balaban J connectivity index is 1.67. The SMILES string of the molecule is COc1ccc(-c2cn3c(C)c(C(=O)N(C)c4ccccc4)sc3n2)cc1. The van der Waals surface area contributed by atoms with Gasteiger partial charge in [0.1, 0.15) is 10.6 Å². The predicted molar refractivity (Wildman–Crippen MR) is 109 cm³/mol. The highest BCUT2D eigenvalue weighted by molar-refractivity contribution is 7.19. The maximum absolute atomic E-state index is 12.9. The van der Waals surface area contributed by atoms with Gasteiger partial charge in [0.15, 0.2) is 4.96 Å². The standard InChI is InChI=1S/C21H19N3O2S/c1-14-19(20(25)23(2)16-7-5-4-6-8-16)27-21-22-18(13-24(14)21)15-9-11-17(26-3)12-10-15/h4-13H,1-3H3. The van der Waals surface area contributed by atoms with Crippen molar-refractivity contribution < 1.29 is 9.53 Å². The molecule has 0 saturated heterocycles. The number of carbonyl (C=O) groups is 1. The summed E-state index contributed by atoms with van der Waals surface area (Å²) in [6.45, 7) is 1.95. The largest absolute Gasteiger partial charge is 0.497 e. The zero-order valence-electron chi connectivity index (χ0n) is 15.3. The summed E-state index contributed by atoms with van der Waals surface area (Å²) in [6.07, 6.45) is 1.97. The van der Waals surface area contributed by atoms with Crippen molar-refractivity contribution in [1.82, 2.24) is 9.38 Å². The third kappa shape index (κ3) is 3.08. The Kier molecular flexibility index (Phi) is 4.41. The summed E-state index contributed by atoms with van der Waals surface area (Å²) >= 11 is 1.41. The highest BCUT2D eigenvalue weighted by Crippen LogP contribution is 2.29. The number of aromatic nitrogens is 2. The van der Waals surface area contributed by atoms with E-state index in [1.165, 1.54) is 11.3 Å². The van der Waals surface area contributed by atoms with E-state index < -0.39 is 0 Å². The van der Waals surface area contributed by atoms with E-state index in [1.807, 2.05) is 72.1 Å². The second-order valence-corrected chi connectivity index (χ2v) is 7.20. The summed E-state index contributed by atoms with van der Waals surface area (Å²) in [5.74, 6) is 0.785. The van der Waals surface area contributed by atoms with Crippen LogP contribution in [-0.4, -0.2) is 29.4 Å². The van der Waals surface area contributed by atoms with E-state index in [4.69, 9.17) is 9.72 Å². The van der Waals surface area contributed by atoms with Crippen molar-refractivity contribution in [2.45, 2.75) is 6.92 Å². The average molecular weight is 377 g/mol. The van der Waals surface area contributed by atoms with Gasteiger partial charge in [0.2, 0.25) is 0 Å². The van der Waals surface area contributed by atoms with Crippen LogP contribution < -0.4 is 9.64 Å². The first kappa shape index (κ1) is 17.3. The van der Waals surface area contributed by atoms with Crippen LogP contribution in [0.1, 0.15) is 15.4 Å². The molecule has 0 N–H and O–H groups in total. The van der Waals surface area contributed by atoms with E-state index in [0.29, 0.717) is 4.88 Å². The molecule has 0 atom stereocenters. The lowest BCUT2D eigenvalue weighted by Crippen LogP contribution is -2.26. The van der Waals surface area contributed by atoms with Crippen molar-refractivity contribution in [1.29, 1.82) is 0 Å². The minimum absolute atomic E-state index is 0.0276. The summed E-state index contributed by atoms with van der Waals surface area (Å²) < 4.78 is 7.19. The highest BCUT2D eigenvalue weighted by Gasteiger charge is 2.21. The zero-order chi connectivity index (χ0) is 19.0. The first-order valence-corrected chi connectivity index (χ1v) is 9.36. The fourth-order valence-electron chi connectivity index (χ4n) is 2.97. The molecule has 0 aliphatic heterocycles. The Morgan fingerprint density at radius 2 is 1.81 bits per heavy atom. The van der Waals surface area contributed by atoms with Gasteiger partial charge >= 0.3 is 0 Å². The lowest BCUT2D eigenvalue weighted by Gasteiger charge is -2.16. The number of nitrogens with zero attached hydrogens (tertiary/aromatic N) is 3. The number of methoxy groups -OCH3 is 1. The smallest absolute Gasteiger partial charge is 0.270 e. The van der Waals surface area contributed by atoms with Crippen molar-refractivity contribution in [3.63, 3.8) is 0 Å². The molecular weight excluding hydrogens is 358 g/mol. The minimum Gasteiger partial charge on any atom is -0.497 e. The number of thiazole rings is 1. The third-order valence-electron chi connectivity index (χ3n) is 4.59. The molecule has 0 saturated carbocycles. The Morgan fingerprint density at radius 3 is 2.44 bits per heavy atom. The Hall–Kier alpha value is -3.12. The molecule has 4 rings (SSSR count). The Morgan fingerprint density at radius 1 is 1.11 bits per heavy atom. The van der Waals surface area contributed by atoms with E-state index in [9.17, 15) is 4.79 Å². The van der Waals surface area contributed by atoms with Gasteiger partial charge in [-0.15, -0.1) is 0 Å². The number of ether oxygens (including phenoxy) is 1. The van der Waals surface area contributed by atoms with Crippen molar-refractivity contribution in [3.05, 3.63) is 71.4 Å². The maximum Gasteiger partial charge on any atom is 0.270 e. The fourth-order valence-corrected chi connectivity index (χ4v) is 4.06. The quantitative estimate of drug-likeness (QED) is 0.520. The van der Waals surface area contributed by atoms with Crippen LogP contribution in [0.25, 0.3) is 16.2 Å². The van der Waals surface area contributed by atoms with E-state index in [0.717, 1.165) is 33.3 Å². The molecule has 4 aromatic rings. The van der Waals surface area contributed by atoms with Crippen LogP contribution in [0.5, 0.6) is 5.75 Å². The number of hydrogen-bond donors (Lipinski definition) is 0. The van der Waals surface area contributed by atoms with Crippen molar-refractivity contribution >= 4 is 27.9 Å². The van der Waals surface area contributed by atoms with Crippen LogP contribution in [-0.2, 0) is 0 Å². The maximum atomic E-state index is 12.9. The number of benzene rings is 2. The lowest BCUT2D eigenvalue weighted by atomic mass is 10.2. The number of aryl methyl sites for hydroxylation is 1. The van der Waals surface area contributed by atoms with Gasteiger partial charge in [-0.25, -0.2) is 4.98 Å². The van der Waals surface area contributed by atoms with Gasteiger partial charge in [-0.2, -0.15) is 0 Å². The Bertz CT molecular complexity index is 1100. The topological polar surface area (TPSA) is 46.8 Å². The van der Waals surface area contributed by atoms with E-state index in [1.54, 1.807) is 19.1 Å². The average Bonchev–Trinajstić information content (AvgIpc) is 3.27. The first-order valence-electron chi connectivity index (χ1n) is 8.54. The van der Waals surface area contributed by atoms with Crippen LogP contribution in [0.3, 0.4) is 0 Å². The van der Waals surface area contributed by atoms with Crippen LogP contribution in [0.15, 0.2) is 60.8 Å². The van der Waals surface area contributed by atoms with E-state index >= 15 is 0 Å². The van der Waals surface area contributed by atoms with Gasteiger partial charge < -0.3 is 9.64 Å². The number of hydrogen-bond acceptors (Lipinski definition) is 4. The first-order chi connectivity index (χ1) is 13.1. The molecule has 6 heteroatoms. The molecule has 27 heavy (non-hydrogen) atoms. The van der Waals surface area contributed by atoms with E-state index in [2.05, 4.69) is 0 Å². The minimum atomic E-state index is -0.0276. The molecular formula is C21H19N3O2S. The zero-order valence-corrected chi connectivity index (χ0v) is 16.2. The van der Waals surface area contributed by atoms with Gasteiger partial charge in [-0.05, 0) is 43.3 Å². The molecule has 2 aromatic heterocycles. The molecule has 2 heterocycles. The summed E-state index contributed by atoms with van der Waals surface area (Å²) in [5, 5.41) is 0. The number of carbonyl (C=O) groups excluding carboxylic acids is 1. The number of fused-ring (bicyclic) bond motifs is 1. The fraction of sp³-hybridized carbons (Fsp3) is 0.143. The molecule has 0 radical (unpaired) electrons. The molecule has 0 spiro atoms. The molecule has 1 amide bonds. The Labute approximate surface area is 161 Å². The van der Waals surface area contributed by atoms with Crippen molar-refractivity contribution in [2.75, 3.05) is 19.1 Å². The molecule has 0 aliphatic rings. The van der Waals surface area contributed by atoms with Gasteiger partial charge in [0.25, 0.3) is 5.91 Å². The number of para-hydroxylation sites is 1. The molecule has 0 unspecified atom stereocenters. The predicted octanol–water partition coefficient (Wildman–Crippen LogP) is 4.66. The summed E-state index contributed by atoms with van der Waals surface area (Å²) in [5.41, 5.74) is 3.66. The summed E-state index contributed by atoms with van der Waals surface area (Å²) in [7, 11) is 3.44. The summed E-state index contributed by atoms with van der Waals surface area (Å²) in [6, 6.07) is 17.4. The van der Waals surface area contributed by atoms with Crippen LogP contribution >= 0.6 is 11.3 Å². The third-order valence-corrected chi connectivity index (χ3v) is 5.73. The molecule has 2 aromatic carbocycles. The normalized spacial score (nSPS) is 10.9. The van der Waals surface area contributed by atoms with Gasteiger partial charge in [-0.3, -0.25) is 9.20 Å². The van der Waals surface area contributed by atoms with Gasteiger partial charge in [0.05, 0.1) is 12.8 Å².